The van der Waals surface area contributed by atoms with Gasteiger partial charge in [0.2, 0.25) is 0 Å². The molecule has 1 aliphatic heterocycles. The molecule has 0 atom stereocenters. The summed E-state index contributed by atoms with van der Waals surface area (Å²) < 4.78 is 6.33. The molecule has 2 heterocycles. The first-order valence-electron chi connectivity index (χ1n) is 5.02. The van der Waals surface area contributed by atoms with Gasteiger partial charge in [-0.15, -0.1) is 5.10 Å². The van der Waals surface area contributed by atoms with Crippen molar-refractivity contribution in [1.29, 1.82) is 0 Å². The Morgan fingerprint density at radius 1 is 1.60 bits per heavy atom. The molecule has 1 fully saturated rings. The van der Waals surface area contributed by atoms with Crippen molar-refractivity contribution in [1.82, 2.24) is 20.3 Å². The first-order valence-corrected chi connectivity index (χ1v) is 5.02. The van der Waals surface area contributed by atoms with Gasteiger partial charge in [0, 0.05) is 0 Å². The van der Waals surface area contributed by atoms with Crippen LogP contribution in [0, 0.1) is 0 Å². The Hall–Kier alpha value is -1.43. The van der Waals surface area contributed by atoms with Crippen LogP contribution in [0.15, 0.2) is 6.20 Å². The lowest BCUT2D eigenvalue weighted by atomic mass is 10.1. The van der Waals surface area contributed by atoms with Crippen molar-refractivity contribution in [2.24, 2.45) is 0 Å². The fraction of sp³-hybridized carbons (Fsp3) is 0.667. The molecule has 0 bridgehead atoms. The minimum absolute atomic E-state index is 0.274. The molecule has 0 aromatic carbocycles. The number of ether oxygens (including phenoxy) is 1. The second kappa shape index (κ2) is 4.39. The second-order valence-electron chi connectivity index (χ2n) is 3.56. The molecular formula is C9H14N4O2. The molecule has 0 aliphatic carbocycles. The van der Waals surface area contributed by atoms with Gasteiger partial charge in [0.25, 0.3) is 0 Å². The lowest BCUT2D eigenvalue weighted by molar-refractivity contribution is 0.0594. The number of carbonyl (C=O) groups is 1. The van der Waals surface area contributed by atoms with Crippen molar-refractivity contribution in [3.8, 4) is 0 Å². The van der Waals surface area contributed by atoms with E-state index in [0.29, 0.717) is 6.04 Å². The maximum Gasteiger partial charge on any atom is 0.360 e. The number of nitrogens with zero attached hydrogens (tertiary/aromatic N) is 3. The Labute approximate surface area is 87.6 Å². The number of aromatic nitrogens is 3. The number of piperidine rings is 1. The summed E-state index contributed by atoms with van der Waals surface area (Å²) in [6.45, 7) is 1.97. The highest BCUT2D eigenvalue weighted by Gasteiger charge is 2.18. The molecule has 1 saturated heterocycles. The topological polar surface area (TPSA) is 69.0 Å². The number of esters is 1. The van der Waals surface area contributed by atoms with Gasteiger partial charge in [-0.1, -0.05) is 5.21 Å². The van der Waals surface area contributed by atoms with Crippen LogP contribution in [-0.2, 0) is 4.74 Å². The summed E-state index contributed by atoms with van der Waals surface area (Å²) in [5.41, 5.74) is 0.274. The van der Waals surface area contributed by atoms with Gasteiger partial charge in [-0.25, -0.2) is 9.48 Å². The zero-order chi connectivity index (χ0) is 10.7. The van der Waals surface area contributed by atoms with Crippen LogP contribution in [0.4, 0.5) is 0 Å². The normalized spacial score (nSPS) is 17.7. The molecule has 2 rings (SSSR count). The van der Waals surface area contributed by atoms with E-state index in [2.05, 4.69) is 20.4 Å². The number of hydrogen-bond donors (Lipinski definition) is 1. The summed E-state index contributed by atoms with van der Waals surface area (Å²) >= 11 is 0. The Bertz CT molecular complexity index is 344. The van der Waals surface area contributed by atoms with Crippen LogP contribution in [-0.4, -0.2) is 41.2 Å². The number of hydrogen-bond acceptors (Lipinski definition) is 5. The lowest BCUT2D eigenvalue weighted by Gasteiger charge is -2.21. The van der Waals surface area contributed by atoms with Crippen molar-refractivity contribution in [2.45, 2.75) is 18.9 Å². The second-order valence-corrected chi connectivity index (χ2v) is 3.56. The highest BCUT2D eigenvalue weighted by molar-refractivity contribution is 5.86. The van der Waals surface area contributed by atoms with E-state index in [4.69, 9.17) is 0 Å². The number of carbonyl (C=O) groups excluding carboxylic acids is 1. The summed E-state index contributed by atoms with van der Waals surface area (Å²) in [5.74, 6) is -0.435. The molecule has 6 nitrogen and oxygen atoms in total. The van der Waals surface area contributed by atoms with Gasteiger partial charge in [-0.2, -0.15) is 0 Å². The highest BCUT2D eigenvalue weighted by Crippen LogP contribution is 2.17. The van der Waals surface area contributed by atoms with Crippen molar-refractivity contribution in [2.75, 3.05) is 20.2 Å². The van der Waals surface area contributed by atoms with E-state index in [9.17, 15) is 4.79 Å². The summed E-state index contributed by atoms with van der Waals surface area (Å²) in [5, 5.41) is 11.0. The Kier molecular flexibility index (Phi) is 2.96. The van der Waals surface area contributed by atoms with Crippen LogP contribution in [0.25, 0.3) is 0 Å². The van der Waals surface area contributed by atoms with Crippen LogP contribution in [0.2, 0.25) is 0 Å². The first kappa shape index (κ1) is 10.1. The lowest BCUT2D eigenvalue weighted by Crippen LogP contribution is -2.29. The minimum Gasteiger partial charge on any atom is -0.464 e. The van der Waals surface area contributed by atoms with Crippen LogP contribution in [0.5, 0.6) is 0 Å². The summed E-state index contributed by atoms with van der Waals surface area (Å²) in [4.78, 5) is 11.2. The molecule has 15 heavy (non-hydrogen) atoms. The first-order chi connectivity index (χ1) is 7.31. The molecule has 82 valence electrons. The largest absolute Gasteiger partial charge is 0.464 e. The molecule has 0 amide bonds. The molecule has 6 heteroatoms. The average molecular weight is 210 g/mol. The molecule has 0 saturated carbocycles. The molecule has 0 radical (unpaired) electrons. The zero-order valence-electron chi connectivity index (χ0n) is 8.64. The smallest absolute Gasteiger partial charge is 0.360 e. The van der Waals surface area contributed by atoms with E-state index in [1.807, 2.05) is 0 Å². The number of rotatable bonds is 2. The molecule has 1 aromatic heterocycles. The SMILES string of the molecule is COC(=O)c1cn(C2CCNCC2)nn1. The van der Waals surface area contributed by atoms with Gasteiger partial charge in [-0.05, 0) is 25.9 Å². The Balaban J connectivity index is 2.08. The van der Waals surface area contributed by atoms with Gasteiger partial charge in [0.15, 0.2) is 5.69 Å². The molecule has 0 spiro atoms. The average Bonchev–Trinajstić information content (AvgIpc) is 2.78. The van der Waals surface area contributed by atoms with Gasteiger partial charge in [0.05, 0.1) is 19.3 Å². The van der Waals surface area contributed by atoms with Crippen molar-refractivity contribution >= 4 is 5.97 Å². The molecular weight excluding hydrogens is 196 g/mol. The van der Waals surface area contributed by atoms with Crippen molar-refractivity contribution < 1.29 is 9.53 Å². The van der Waals surface area contributed by atoms with E-state index in [-0.39, 0.29) is 5.69 Å². The van der Waals surface area contributed by atoms with Gasteiger partial charge >= 0.3 is 5.97 Å². The number of methoxy groups -OCH3 is 1. The third-order valence-corrected chi connectivity index (χ3v) is 2.59. The number of nitrogens with one attached hydrogen (secondary N) is 1. The fourth-order valence-electron chi connectivity index (χ4n) is 1.72. The zero-order valence-corrected chi connectivity index (χ0v) is 8.64. The maximum atomic E-state index is 11.2. The van der Waals surface area contributed by atoms with Gasteiger partial charge in [-0.3, -0.25) is 0 Å². The minimum atomic E-state index is -0.435. The quantitative estimate of drug-likeness (QED) is 0.695. The summed E-state index contributed by atoms with van der Waals surface area (Å²) in [6.07, 6.45) is 3.69. The Morgan fingerprint density at radius 3 is 3.00 bits per heavy atom. The van der Waals surface area contributed by atoms with E-state index >= 15 is 0 Å². The van der Waals surface area contributed by atoms with Gasteiger partial charge < -0.3 is 10.1 Å². The fourth-order valence-corrected chi connectivity index (χ4v) is 1.72. The molecule has 1 N–H and O–H groups in total. The molecule has 1 aliphatic rings. The van der Waals surface area contributed by atoms with Gasteiger partial charge in [0.1, 0.15) is 0 Å². The van der Waals surface area contributed by atoms with Crippen LogP contribution >= 0.6 is 0 Å². The van der Waals surface area contributed by atoms with Crippen LogP contribution in [0.1, 0.15) is 29.4 Å². The maximum absolute atomic E-state index is 11.2. The van der Waals surface area contributed by atoms with Crippen LogP contribution < -0.4 is 5.32 Å². The van der Waals surface area contributed by atoms with E-state index in [1.165, 1.54) is 7.11 Å². The predicted molar refractivity (Wildman–Crippen MR) is 52.5 cm³/mol. The molecule has 0 unspecified atom stereocenters. The third kappa shape index (κ3) is 2.15. The van der Waals surface area contributed by atoms with E-state index in [1.54, 1.807) is 10.9 Å². The van der Waals surface area contributed by atoms with E-state index in [0.717, 1.165) is 25.9 Å². The monoisotopic (exact) mass is 210 g/mol. The third-order valence-electron chi connectivity index (χ3n) is 2.59. The van der Waals surface area contributed by atoms with Crippen molar-refractivity contribution in [3.63, 3.8) is 0 Å². The molecule has 1 aromatic rings. The van der Waals surface area contributed by atoms with E-state index < -0.39 is 5.97 Å². The summed E-state index contributed by atoms with van der Waals surface area (Å²) in [6, 6.07) is 0.345. The standard InChI is InChI=1S/C9H14N4O2/c1-15-9(14)8-6-13(12-11-8)7-2-4-10-5-3-7/h6-7,10H,2-5H2,1H3. The predicted octanol–water partition coefficient (Wildman–Crippen LogP) is -0.0108. The summed E-state index contributed by atoms with van der Waals surface area (Å²) in [7, 11) is 1.34. The van der Waals surface area contributed by atoms with Crippen LogP contribution in [0.3, 0.4) is 0 Å². The Morgan fingerprint density at radius 2 is 2.33 bits per heavy atom. The highest BCUT2D eigenvalue weighted by atomic mass is 16.5. The van der Waals surface area contributed by atoms with Crippen molar-refractivity contribution in [3.05, 3.63) is 11.9 Å².